The number of hydrogen-bond acceptors (Lipinski definition) is 4. The number of halogens is 1. The Bertz CT molecular complexity index is 911. The molecule has 3 amide bonds. The van der Waals surface area contributed by atoms with Gasteiger partial charge in [-0.25, -0.2) is 0 Å². The van der Waals surface area contributed by atoms with E-state index in [0.717, 1.165) is 5.69 Å². The van der Waals surface area contributed by atoms with Crippen LogP contribution in [0, 0.1) is 5.92 Å². The normalized spacial score (nSPS) is 19.6. The first-order valence-electron chi connectivity index (χ1n) is 9.57. The molecule has 2 saturated heterocycles. The molecule has 29 heavy (non-hydrogen) atoms. The van der Waals surface area contributed by atoms with E-state index in [4.69, 9.17) is 11.6 Å². The standard InChI is InChI=1S/C21H21ClN4O3/c22-17-1-3-18(4-2-17)26-14-16(13-19(26)27)21(29)25-11-9-24(10-12-25)20(28)15-5-7-23-8-6-15/h1-8,16H,9-14H2/t16-/m0/s1. The second kappa shape index (κ2) is 8.21. The minimum Gasteiger partial charge on any atom is -0.339 e. The first kappa shape index (κ1) is 19.4. The Morgan fingerprint density at radius 2 is 1.55 bits per heavy atom. The van der Waals surface area contributed by atoms with Gasteiger partial charge in [-0.3, -0.25) is 19.4 Å². The van der Waals surface area contributed by atoms with Gasteiger partial charge in [0.25, 0.3) is 5.91 Å². The van der Waals surface area contributed by atoms with E-state index in [0.29, 0.717) is 43.3 Å². The van der Waals surface area contributed by atoms with E-state index < -0.39 is 0 Å². The Morgan fingerprint density at radius 3 is 2.21 bits per heavy atom. The van der Waals surface area contributed by atoms with E-state index in [1.54, 1.807) is 63.5 Å². The molecule has 150 valence electrons. The maximum Gasteiger partial charge on any atom is 0.254 e. The zero-order valence-corrected chi connectivity index (χ0v) is 16.6. The van der Waals surface area contributed by atoms with Gasteiger partial charge in [0.15, 0.2) is 0 Å². The highest BCUT2D eigenvalue weighted by atomic mass is 35.5. The molecular weight excluding hydrogens is 392 g/mol. The second-order valence-electron chi connectivity index (χ2n) is 7.24. The molecule has 7 nitrogen and oxygen atoms in total. The average molecular weight is 413 g/mol. The zero-order chi connectivity index (χ0) is 20.4. The van der Waals surface area contributed by atoms with Crippen molar-refractivity contribution in [3.05, 3.63) is 59.4 Å². The lowest BCUT2D eigenvalue weighted by molar-refractivity contribution is -0.137. The molecular formula is C21H21ClN4O3. The molecule has 0 aliphatic carbocycles. The van der Waals surface area contributed by atoms with E-state index in [1.165, 1.54) is 0 Å². The fourth-order valence-corrected chi connectivity index (χ4v) is 3.93. The number of benzene rings is 1. The number of nitrogens with zero attached hydrogens (tertiary/aromatic N) is 4. The highest BCUT2D eigenvalue weighted by Gasteiger charge is 2.38. The molecule has 4 rings (SSSR count). The van der Waals surface area contributed by atoms with Gasteiger partial charge in [-0.2, -0.15) is 0 Å². The monoisotopic (exact) mass is 412 g/mol. The number of carbonyl (C=O) groups excluding carboxylic acids is 3. The van der Waals surface area contributed by atoms with Crippen LogP contribution in [0.2, 0.25) is 5.02 Å². The maximum atomic E-state index is 12.9. The lowest BCUT2D eigenvalue weighted by atomic mass is 10.1. The summed E-state index contributed by atoms with van der Waals surface area (Å²) in [7, 11) is 0. The molecule has 0 saturated carbocycles. The second-order valence-corrected chi connectivity index (χ2v) is 7.67. The minimum atomic E-state index is -0.361. The summed E-state index contributed by atoms with van der Waals surface area (Å²) in [5, 5.41) is 0.604. The quantitative estimate of drug-likeness (QED) is 0.773. The van der Waals surface area contributed by atoms with Crippen LogP contribution in [-0.2, 0) is 9.59 Å². The molecule has 0 radical (unpaired) electrons. The summed E-state index contributed by atoms with van der Waals surface area (Å²) < 4.78 is 0. The van der Waals surface area contributed by atoms with Crippen molar-refractivity contribution in [3.8, 4) is 0 Å². The van der Waals surface area contributed by atoms with Crippen LogP contribution in [0.3, 0.4) is 0 Å². The predicted molar refractivity (Wildman–Crippen MR) is 109 cm³/mol. The third kappa shape index (κ3) is 4.10. The largest absolute Gasteiger partial charge is 0.339 e. The minimum absolute atomic E-state index is 0.0224. The van der Waals surface area contributed by atoms with E-state index in [-0.39, 0.29) is 30.1 Å². The van der Waals surface area contributed by atoms with Crippen molar-refractivity contribution >= 4 is 35.0 Å². The number of carbonyl (C=O) groups is 3. The Hall–Kier alpha value is -2.93. The van der Waals surface area contributed by atoms with Crippen LogP contribution in [0.4, 0.5) is 5.69 Å². The fraction of sp³-hybridized carbons (Fsp3) is 0.333. The number of amides is 3. The number of aromatic nitrogens is 1. The van der Waals surface area contributed by atoms with Gasteiger partial charge >= 0.3 is 0 Å². The maximum absolute atomic E-state index is 12.9. The van der Waals surface area contributed by atoms with Crippen LogP contribution in [0.1, 0.15) is 16.8 Å². The molecule has 2 fully saturated rings. The third-order valence-electron chi connectivity index (χ3n) is 5.42. The summed E-state index contributed by atoms with van der Waals surface area (Å²) in [6.45, 7) is 2.28. The highest BCUT2D eigenvalue weighted by Crippen LogP contribution is 2.27. The number of piperazine rings is 1. The summed E-state index contributed by atoms with van der Waals surface area (Å²) >= 11 is 5.91. The van der Waals surface area contributed by atoms with Gasteiger partial charge in [-0.1, -0.05) is 11.6 Å². The van der Waals surface area contributed by atoms with Crippen molar-refractivity contribution in [1.29, 1.82) is 0 Å². The van der Waals surface area contributed by atoms with Crippen molar-refractivity contribution in [2.24, 2.45) is 5.92 Å². The van der Waals surface area contributed by atoms with Crippen LogP contribution in [0.15, 0.2) is 48.8 Å². The molecule has 2 aliphatic heterocycles. The first-order chi connectivity index (χ1) is 14.0. The first-order valence-corrected chi connectivity index (χ1v) is 9.95. The van der Waals surface area contributed by atoms with Crippen molar-refractivity contribution in [2.45, 2.75) is 6.42 Å². The molecule has 2 aliphatic rings. The van der Waals surface area contributed by atoms with Crippen molar-refractivity contribution in [2.75, 3.05) is 37.6 Å². The van der Waals surface area contributed by atoms with Gasteiger partial charge < -0.3 is 14.7 Å². The summed E-state index contributed by atoms with van der Waals surface area (Å²) in [5.74, 6) is -0.493. The van der Waals surface area contributed by atoms with Crippen molar-refractivity contribution in [3.63, 3.8) is 0 Å². The van der Waals surface area contributed by atoms with E-state index in [2.05, 4.69) is 4.98 Å². The Balaban J connectivity index is 1.34. The van der Waals surface area contributed by atoms with Crippen LogP contribution in [0.5, 0.6) is 0 Å². The molecule has 2 aromatic rings. The summed E-state index contributed by atoms with van der Waals surface area (Å²) in [5.41, 5.74) is 1.35. The molecule has 1 atom stereocenters. The van der Waals surface area contributed by atoms with Gasteiger partial charge in [0, 0.05) is 67.8 Å². The summed E-state index contributed by atoms with van der Waals surface area (Å²) in [6, 6.07) is 10.4. The fourth-order valence-electron chi connectivity index (χ4n) is 3.81. The van der Waals surface area contributed by atoms with Crippen molar-refractivity contribution < 1.29 is 14.4 Å². The molecule has 3 heterocycles. The van der Waals surface area contributed by atoms with E-state index in [9.17, 15) is 14.4 Å². The molecule has 0 unspecified atom stereocenters. The van der Waals surface area contributed by atoms with Gasteiger partial charge in [0.2, 0.25) is 11.8 Å². The van der Waals surface area contributed by atoms with Crippen LogP contribution < -0.4 is 4.90 Å². The average Bonchev–Trinajstić information content (AvgIpc) is 3.15. The third-order valence-corrected chi connectivity index (χ3v) is 5.67. The lowest BCUT2D eigenvalue weighted by Gasteiger charge is -2.36. The van der Waals surface area contributed by atoms with Gasteiger partial charge in [0.1, 0.15) is 0 Å². The Labute approximate surface area is 173 Å². The highest BCUT2D eigenvalue weighted by molar-refractivity contribution is 6.30. The van der Waals surface area contributed by atoms with E-state index in [1.807, 2.05) is 0 Å². The van der Waals surface area contributed by atoms with Gasteiger partial charge in [0.05, 0.1) is 5.92 Å². The number of pyridine rings is 1. The van der Waals surface area contributed by atoms with E-state index >= 15 is 0 Å². The molecule has 1 aromatic heterocycles. The van der Waals surface area contributed by atoms with Gasteiger partial charge in [-0.05, 0) is 36.4 Å². The van der Waals surface area contributed by atoms with Crippen LogP contribution in [0.25, 0.3) is 0 Å². The zero-order valence-electron chi connectivity index (χ0n) is 15.8. The smallest absolute Gasteiger partial charge is 0.254 e. The summed E-state index contributed by atoms with van der Waals surface area (Å²) in [6.07, 6.45) is 3.39. The Morgan fingerprint density at radius 1 is 0.931 bits per heavy atom. The molecule has 8 heteroatoms. The topological polar surface area (TPSA) is 73.8 Å². The molecule has 0 bridgehead atoms. The molecule has 0 spiro atoms. The molecule has 1 aromatic carbocycles. The number of hydrogen-bond donors (Lipinski definition) is 0. The molecule has 0 N–H and O–H groups in total. The van der Waals surface area contributed by atoms with Crippen molar-refractivity contribution in [1.82, 2.24) is 14.8 Å². The van der Waals surface area contributed by atoms with Crippen LogP contribution >= 0.6 is 11.6 Å². The Kier molecular flexibility index (Phi) is 5.49. The van der Waals surface area contributed by atoms with Crippen LogP contribution in [-0.4, -0.2) is 65.2 Å². The number of rotatable bonds is 3. The predicted octanol–water partition coefficient (Wildman–Crippen LogP) is 2.07. The lowest BCUT2D eigenvalue weighted by Crippen LogP contribution is -2.52. The summed E-state index contributed by atoms with van der Waals surface area (Å²) in [4.78, 5) is 47.0. The number of anilines is 1. The SMILES string of the molecule is O=C(c1ccncc1)N1CCN(C(=O)[C@H]2CC(=O)N(c3ccc(Cl)cc3)C2)CC1. The van der Waals surface area contributed by atoms with Gasteiger partial charge in [-0.15, -0.1) is 0 Å².